The zero-order valence-electron chi connectivity index (χ0n) is 7.65. The zero-order chi connectivity index (χ0) is 11.3. The molecule has 0 saturated heterocycles. The maximum atomic E-state index is 11.8. The summed E-state index contributed by atoms with van der Waals surface area (Å²) >= 11 is 0. The molecule has 0 saturated carbocycles. The van der Waals surface area contributed by atoms with Crippen molar-refractivity contribution >= 4 is 11.8 Å². The summed E-state index contributed by atoms with van der Waals surface area (Å²) in [6.07, 6.45) is -1.64. The van der Waals surface area contributed by atoms with Gasteiger partial charge in [-0.3, -0.25) is 0 Å². The second-order valence-electron chi connectivity index (χ2n) is 2.70. The first-order valence-electron chi connectivity index (χ1n) is 4.17. The highest BCUT2D eigenvalue weighted by Crippen LogP contribution is 2.05. The molecule has 82 valence electrons. The molecule has 1 aromatic rings. The molecule has 1 rings (SSSR count). The average Bonchev–Trinajstić information content (AvgIpc) is 2.17. The summed E-state index contributed by atoms with van der Waals surface area (Å²) in [7, 11) is 0. The number of nitrogens with one attached hydrogen (secondary N) is 1. The van der Waals surface area contributed by atoms with E-state index in [4.69, 9.17) is 5.11 Å². The Morgan fingerprint density at radius 1 is 1.53 bits per heavy atom. The third kappa shape index (κ3) is 3.84. The molecule has 0 unspecified atom stereocenters. The van der Waals surface area contributed by atoms with Crippen molar-refractivity contribution in [3.8, 4) is 0 Å². The molecule has 15 heavy (non-hydrogen) atoms. The number of hydrogen-bond acceptors (Lipinski definition) is 4. The van der Waals surface area contributed by atoms with Crippen LogP contribution in [0.1, 0.15) is 16.9 Å². The smallest absolute Gasteiger partial charge is 0.354 e. The third-order valence-electron chi connectivity index (χ3n) is 1.55. The van der Waals surface area contributed by atoms with Gasteiger partial charge in [-0.1, -0.05) is 0 Å². The molecule has 0 aliphatic carbocycles. The normalized spacial score (nSPS) is 10.3. The highest BCUT2D eigenvalue weighted by molar-refractivity contribution is 5.85. The van der Waals surface area contributed by atoms with Crippen LogP contribution in [0.4, 0.5) is 14.6 Å². The summed E-state index contributed by atoms with van der Waals surface area (Å²) in [4.78, 5) is 17.7. The Morgan fingerprint density at radius 2 is 2.27 bits per heavy atom. The van der Waals surface area contributed by atoms with Crippen molar-refractivity contribution in [2.45, 2.75) is 12.8 Å². The number of halogens is 2. The fourth-order valence-electron chi connectivity index (χ4n) is 0.880. The van der Waals surface area contributed by atoms with E-state index in [-0.39, 0.29) is 24.5 Å². The van der Waals surface area contributed by atoms with Gasteiger partial charge in [-0.25, -0.2) is 23.5 Å². The van der Waals surface area contributed by atoms with Crippen molar-refractivity contribution in [1.82, 2.24) is 9.97 Å². The Kier molecular flexibility index (Phi) is 3.90. The van der Waals surface area contributed by atoms with Crippen molar-refractivity contribution in [3.63, 3.8) is 0 Å². The van der Waals surface area contributed by atoms with E-state index in [0.717, 1.165) is 6.33 Å². The quantitative estimate of drug-likeness (QED) is 0.776. The molecule has 0 aliphatic rings. The summed E-state index contributed by atoms with van der Waals surface area (Å²) in [5.74, 6) is -0.961. The summed E-state index contributed by atoms with van der Waals surface area (Å²) in [6, 6.07) is 1.19. The van der Waals surface area contributed by atoms with E-state index >= 15 is 0 Å². The second kappa shape index (κ2) is 5.18. The number of nitrogens with zero attached hydrogens (tertiary/aromatic N) is 2. The minimum Gasteiger partial charge on any atom is -0.477 e. The molecule has 0 radical (unpaired) electrons. The minimum atomic E-state index is -2.39. The molecule has 0 spiro atoms. The van der Waals surface area contributed by atoms with E-state index in [9.17, 15) is 13.6 Å². The fraction of sp³-hybridized carbons (Fsp3) is 0.375. The highest BCUT2D eigenvalue weighted by atomic mass is 19.3. The molecule has 1 aromatic heterocycles. The molecule has 0 fully saturated rings. The third-order valence-corrected chi connectivity index (χ3v) is 1.55. The van der Waals surface area contributed by atoms with Crippen molar-refractivity contribution < 1.29 is 18.7 Å². The van der Waals surface area contributed by atoms with Crippen LogP contribution in [0.3, 0.4) is 0 Å². The number of hydrogen-bond donors (Lipinski definition) is 2. The van der Waals surface area contributed by atoms with Gasteiger partial charge >= 0.3 is 5.97 Å². The van der Waals surface area contributed by atoms with Gasteiger partial charge in [0.1, 0.15) is 12.1 Å². The molecule has 0 bridgehead atoms. The molecular weight excluding hydrogens is 208 g/mol. The molecule has 7 heteroatoms. The van der Waals surface area contributed by atoms with Crippen LogP contribution in [-0.4, -0.2) is 34.0 Å². The summed E-state index contributed by atoms with van der Waals surface area (Å²) in [5, 5.41) is 11.2. The lowest BCUT2D eigenvalue weighted by Crippen LogP contribution is -2.09. The largest absolute Gasteiger partial charge is 0.477 e. The minimum absolute atomic E-state index is 0.0355. The maximum absolute atomic E-state index is 11.8. The maximum Gasteiger partial charge on any atom is 0.354 e. The van der Waals surface area contributed by atoms with Gasteiger partial charge < -0.3 is 10.4 Å². The van der Waals surface area contributed by atoms with Crippen molar-refractivity contribution in [2.24, 2.45) is 0 Å². The van der Waals surface area contributed by atoms with Gasteiger partial charge in [-0.05, 0) is 0 Å². The van der Waals surface area contributed by atoms with Crippen LogP contribution in [0.25, 0.3) is 0 Å². The van der Waals surface area contributed by atoms with Gasteiger partial charge in [0.25, 0.3) is 0 Å². The van der Waals surface area contributed by atoms with Crippen LogP contribution in [0, 0.1) is 0 Å². The number of rotatable bonds is 5. The van der Waals surface area contributed by atoms with E-state index < -0.39 is 12.4 Å². The summed E-state index contributed by atoms with van der Waals surface area (Å²) in [5.41, 5.74) is -0.176. The first kappa shape index (κ1) is 11.3. The Hall–Kier alpha value is -1.79. The zero-order valence-corrected chi connectivity index (χ0v) is 7.65. The Bertz CT molecular complexity index is 346. The van der Waals surface area contributed by atoms with Crippen LogP contribution in [0.2, 0.25) is 0 Å². The van der Waals surface area contributed by atoms with E-state index in [0.29, 0.717) is 0 Å². The van der Waals surface area contributed by atoms with E-state index in [1.807, 2.05) is 0 Å². The molecular formula is C8H9F2N3O2. The van der Waals surface area contributed by atoms with Crippen molar-refractivity contribution in [3.05, 3.63) is 18.1 Å². The SMILES string of the molecule is O=C(O)c1cc(NCCC(F)F)ncn1. The molecule has 0 amide bonds. The van der Waals surface area contributed by atoms with Gasteiger partial charge in [0.15, 0.2) is 5.69 Å². The molecule has 0 aromatic carbocycles. The molecule has 5 nitrogen and oxygen atoms in total. The average molecular weight is 217 g/mol. The lowest BCUT2D eigenvalue weighted by atomic mass is 10.4. The van der Waals surface area contributed by atoms with E-state index in [2.05, 4.69) is 15.3 Å². The number of aromatic nitrogens is 2. The topological polar surface area (TPSA) is 75.1 Å². The standard InChI is InChI=1S/C8H9F2N3O2/c9-6(10)1-2-11-7-3-5(8(14)15)12-4-13-7/h3-4,6H,1-2H2,(H,14,15)(H,11,12,13). The lowest BCUT2D eigenvalue weighted by molar-refractivity contribution is 0.0690. The number of carboxylic acid groups (broad SMARTS) is 1. The fourth-order valence-corrected chi connectivity index (χ4v) is 0.880. The molecule has 0 aliphatic heterocycles. The molecule has 0 atom stereocenters. The first-order chi connectivity index (χ1) is 7.09. The molecule has 1 heterocycles. The number of carboxylic acids is 1. The van der Waals surface area contributed by atoms with E-state index in [1.165, 1.54) is 6.07 Å². The predicted molar refractivity (Wildman–Crippen MR) is 48.1 cm³/mol. The second-order valence-corrected chi connectivity index (χ2v) is 2.70. The Morgan fingerprint density at radius 3 is 2.87 bits per heavy atom. The highest BCUT2D eigenvalue weighted by Gasteiger charge is 2.06. The number of carbonyl (C=O) groups is 1. The van der Waals surface area contributed by atoms with Gasteiger partial charge in [0.05, 0.1) is 0 Å². The lowest BCUT2D eigenvalue weighted by Gasteiger charge is -2.04. The first-order valence-corrected chi connectivity index (χ1v) is 4.17. The van der Waals surface area contributed by atoms with Crippen LogP contribution < -0.4 is 5.32 Å². The van der Waals surface area contributed by atoms with E-state index in [1.54, 1.807) is 0 Å². The van der Waals surface area contributed by atoms with Gasteiger partial charge in [-0.15, -0.1) is 0 Å². The van der Waals surface area contributed by atoms with Crippen LogP contribution in [0.5, 0.6) is 0 Å². The van der Waals surface area contributed by atoms with Gasteiger partial charge in [-0.2, -0.15) is 0 Å². The Balaban J connectivity index is 2.54. The monoisotopic (exact) mass is 217 g/mol. The predicted octanol–water partition coefficient (Wildman–Crippen LogP) is 1.24. The summed E-state index contributed by atoms with van der Waals surface area (Å²) < 4.78 is 23.6. The van der Waals surface area contributed by atoms with Crippen LogP contribution >= 0.6 is 0 Å². The summed E-state index contributed by atoms with van der Waals surface area (Å²) in [6.45, 7) is 0.0355. The number of alkyl halides is 2. The Labute approximate surface area is 84.2 Å². The number of anilines is 1. The van der Waals surface area contributed by atoms with Gasteiger partial charge in [0.2, 0.25) is 6.43 Å². The molecule has 2 N–H and O–H groups in total. The van der Waals surface area contributed by atoms with Crippen LogP contribution in [-0.2, 0) is 0 Å². The number of aromatic carboxylic acids is 1. The van der Waals surface area contributed by atoms with Crippen LogP contribution in [0.15, 0.2) is 12.4 Å². The van der Waals surface area contributed by atoms with Crippen molar-refractivity contribution in [2.75, 3.05) is 11.9 Å². The van der Waals surface area contributed by atoms with Crippen molar-refractivity contribution in [1.29, 1.82) is 0 Å². The van der Waals surface area contributed by atoms with Gasteiger partial charge in [0, 0.05) is 19.0 Å².